The zero-order valence-corrected chi connectivity index (χ0v) is 18.4. The predicted molar refractivity (Wildman–Crippen MR) is 125 cm³/mol. The lowest BCUT2D eigenvalue weighted by atomic mass is 9.96. The molecule has 0 fully saturated rings. The number of amides is 2. The second kappa shape index (κ2) is 8.38. The van der Waals surface area contributed by atoms with Crippen molar-refractivity contribution in [1.29, 1.82) is 0 Å². The molecule has 0 spiro atoms. The Bertz CT molecular complexity index is 1350. The minimum atomic E-state index is -0.582. The number of methoxy groups -OCH3 is 1. The number of carbonyl (C=O) groups excluding carboxylic acids is 2. The van der Waals surface area contributed by atoms with Crippen molar-refractivity contribution in [3.05, 3.63) is 78.2 Å². The van der Waals surface area contributed by atoms with Gasteiger partial charge in [-0.25, -0.2) is 14.8 Å². The third kappa shape index (κ3) is 3.80. The third-order valence-electron chi connectivity index (χ3n) is 5.97. The summed E-state index contributed by atoms with van der Waals surface area (Å²) in [5, 5.41) is 2.53. The second-order valence-corrected chi connectivity index (χ2v) is 8.03. The summed E-state index contributed by atoms with van der Waals surface area (Å²) in [6, 6.07) is 15.4. The number of para-hydroxylation sites is 1. The molecule has 1 unspecified atom stereocenters. The Morgan fingerprint density at radius 1 is 1.06 bits per heavy atom. The summed E-state index contributed by atoms with van der Waals surface area (Å²) in [6.45, 7) is 2.09. The molecule has 0 saturated heterocycles. The van der Waals surface area contributed by atoms with Crippen LogP contribution in [0.2, 0.25) is 0 Å². The van der Waals surface area contributed by atoms with E-state index in [4.69, 9.17) is 0 Å². The number of carbonyl (C=O) groups is 2. The van der Waals surface area contributed by atoms with Crippen LogP contribution < -0.4 is 10.2 Å². The van der Waals surface area contributed by atoms with Gasteiger partial charge in [-0.1, -0.05) is 18.2 Å². The molecule has 1 aliphatic heterocycles. The summed E-state index contributed by atoms with van der Waals surface area (Å²) in [6.07, 6.45) is 6.53. The fourth-order valence-electron chi connectivity index (χ4n) is 4.23. The highest BCUT2D eigenvalue weighted by atomic mass is 16.5. The number of aryl methyl sites for hydroxylation is 1. The summed E-state index contributed by atoms with van der Waals surface area (Å²) in [5.41, 5.74) is 5.08. The molecule has 166 valence electrons. The number of rotatable bonds is 3. The first-order valence-electron chi connectivity index (χ1n) is 10.7. The van der Waals surface area contributed by atoms with Gasteiger partial charge in [0.2, 0.25) is 0 Å². The summed E-state index contributed by atoms with van der Waals surface area (Å²) in [7, 11) is 1.30. The molecule has 5 rings (SSSR count). The van der Waals surface area contributed by atoms with Crippen molar-refractivity contribution < 1.29 is 14.3 Å². The number of hydrogen-bond donors (Lipinski definition) is 1. The first-order valence-corrected chi connectivity index (χ1v) is 10.7. The highest BCUT2D eigenvalue weighted by molar-refractivity contribution is 6.07. The molecular weight excluding hydrogens is 418 g/mol. The number of nitrogens with one attached hydrogen (secondary N) is 1. The van der Waals surface area contributed by atoms with Gasteiger partial charge < -0.3 is 9.64 Å². The van der Waals surface area contributed by atoms with Crippen LogP contribution >= 0.6 is 0 Å². The van der Waals surface area contributed by atoms with Crippen molar-refractivity contribution in [2.24, 2.45) is 0 Å². The average molecular weight is 441 g/mol. The number of nitrogens with zero attached hydrogens (tertiary/aromatic N) is 4. The topological polar surface area (TPSA) is 88.8 Å². The number of aromatic nitrogens is 3. The van der Waals surface area contributed by atoms with Gasteiger partial charge in [0.1, 0.15) is 11.5 Å². The lowest BCUT2D eigenvalue weighted by molar-refractivity contribution is 0.0974. The van der Waals surface area contributed by atoms with Gasteiger partial charge in [-0.3, -0.25) is 14.5 Å². The SMILES string of the molecule is COC(=O)Nc1ccc(-c2cnc3ccc(C(=O)N4c5ccccc5CCC4C)cn23)cn1. The highest BCUT2D eigenvalue weighted by Crippen LogP contribution is 2.32. The van der Waals surface area contributed by atoms with Gasteiger partial charge in [-0.05, 0) is 55.7 Å². The Morgan fingerprint density at radius 2 is 1.91 bits per heavy atom. The van der Waals surface area contributed by atoms with Crippen LogP contribution in [-0.2, 0) is 11.2 Å². The van der Waals surface area contributed by atoms with E-state index in [2.05, 4.69) is 33.0 Å². The molecule has 1 aromatic carbocycles. The monoisotopic (exact) mass is 441 g/mol. The van der Waals surface area contributed by atoms with Crippen LogP contribution in [0.15, 0.2) is 67.1 Å². The average Bonchev–Trinajstić information content (AvgIpc) is 3.27. The summed E-state index contributed by atoms with van der Waals surface area (Å²) >= 11 is 0. The van der Waals surface area contributed by atoms with E-state index in [0.29, 0.717) is 11.4 Å². The Labute approximate surface area is 190 Å². The first-order chi connectivity index (χ1) is 16.0. The Hall–Kier alpha value is -4.20. The van der Waals surface area contributed by atoms with Crippen LogP contribution in [0.25, 0.3) is 16.9 Å². The molecule has 1 aliphatic rings. The molecule has 0 aliphatic carbocycles. The third-order valence-corrected chi connectivity index (χ3v) is 5.97. The standard InChI is InChI=1S/C25H23N5O3/c1-16-7-8-17-5-3-4-6-20(17)30(16)24(31)19-10-12-23-27-14-21(29(23)15-19)18-9-11-22(26-13-18)28-25(32)33-2/h3-6,9-16H,7-8H2,1-2H3,(H,26,28,32). The Morgan fingerprint density at radius 3 is 2.70 bits per heavy atom. The number of pyridine rings is 2. The van der Waals surface area contributed by atoms with E-state index in [1.165, 1.54) is 12.7 Å². The molecule has 4 aromatic rings. The maximum absolute atomic E-state index is 13.6. The lowest BCUT2D eigenvalue weighted by Crippen LogP contribution is -2.42. The molecular formula is C25H23N5O3. The van der Waals surface area contributed by atoms with Crippen LogP contribution in [0.3, 0.4) is 0 Å². The number of fused-ring (bicyclic) bond motifs is 2. The van der Waals surface area contributed by atoms with Crippen molar-refractivity contribution in [2.45, 2.75) is 25.8 Å². The molecule has 1 atom stereocenters. The second-order valence-electron chi connectivity index (χ2n) is 8.03. The smallest absolute Gasteiger partial charge is 0.412 e. The summed E-state index contributed by atoms with van der Waals surface area (Å²) < 4.78 is 6.48. The summed E-state index contributed by atoms with van der Waals surface area (Å²) in [5.74, 6) is 0.347. The van der Waals surface area contributed by atoms with Gasteiger partial charge in [0, 0.05) is 29.7 Å². The van der Waals surface area contributed by atoms with Gasteiger partial charge in [0.25, 0.3) is 5.91 Å². The van der Waals surface area contributed by atoms with Crippen molar-refractivity contribution in [2.75, 3.05) is 17.3 Å². The van der Waals surface area contributed by atoms with E-state index < -0.39 is 6.09 Å². The molecule has 1 N–H and O–H groups in total. The van der Waals surface area contributed by atoms with Gasteiger partial charge in [0.15, 0.2) is 0 Å². The van der Waals surface area contributed by atoms with Crippen LogP contribution in [0.5, 0.6) is 0 Å². The molecule has 0 radical (unpaired) electrons. The normalized spacial score (nSPS) is 15.2. The van der Waals surface area contributed by atoms with Gasteiger partial charge in [-0.15, -0.1) is 0 Å². The quantitative estimate of drug-likeness (QED) is 0.504. The lowest BCUT2D eigenvalue weighted by Gasteiger charge is -2.35. The van der Waals surface area contributed by atoms with Crippen molar-refractivity contribution in [3.8, 4) is 11.3 Å². The van der Waals surface area contributed by atoms with E-state index >= 15 is 0 Å². The number of imidazole rings is 1. The van der Waals surface area contributed by atoms with E-state index in [0.717, 1.165) is 35.4 Å². The molecule has 33 heavy (non-hydrogen) atoms. The summed E-state index contributed by atoms with van der Waals surface area (Å²) in [4.78, 5) is 35.6. The van der Waals surface area contributed by atoms with E-state index in [9.17, 15) is 9.59 Å². The maximum atomic E-state index is 13.6. The molecule has 8 nitrogen and oxygen atoms in total. The number of hydrogen-bond acceptors (Lipinski definition) is 5. The van der Waals surface area contributed by atoms with Crippen molar-refractivity contribution >= 4 is 29.2 Å². The van der Waals surface area contributed by atoms with Crippen LogP contribution in [0.4, 0.5) is 16.3 Å². The van der Waals surface area contributed by atoms with Crippen LogP contribution in [0.1, 0.15) is 29.3 Å². The highest BCUT2D eigenvalue weighted by Gasteiger charge is 2.29. The van der Waals surface area contributed by atoms with Gasteiger partial charge in [0.05, 0.1) is 24.6 Å². The molecule has 0 saturated carbocycles. The molecule has 0 bridgehead atoms. The predicted octanol–water partition coefficient (Wildman–Crippen LogP) is 4.56. The fourth-order valence-corrected chi connectivity index (χ4v) is 4.23. The molecule has 2 amide bonds. The zero-order chi connectivity index (χ0) is 22.9. The largest absolute Gasteiger partial charge is 0.453 e. The van der Waals surface area contributed by atoms with Crippen molar-refractivity contribution in [1.82, 2.24) is 14.4 Å². The first kappa shape index (κ1) is 20.7. The maximum Gasteiger partial charge on any atom is 0.412 e. The number of anilines is 2. The Kier molecular flexibility index (Phi) is 5.26. The van der Waals surface area contributed by atoms with E-state index in [1.54, 1.807) is 18.5 Å². The van der Waals surface area contributed by atoms with Crippen molar-refractivity contribution in [3.63, 3.8) is 0 Å². The fraction of sp³-hybridized carbons (Fsp3) is 0.200. The minimum absolute atomic E-state index is 0.0352. The van der Waals surface area contributed by atoms with Crippen LogP contribution in [0, 0.1) is 0 Å². The zero-order valence-electron chi connectivity index (χ0n) is 18.4. The number of ether oxygens (including phenoxy) is 1. The van der Waals surface area contributed by atoms with Gasteiger partial charge >= 0.3 is 6.09 Å². The molecule has 3 aromatic heterocycles. The van der Waals surface area contributed by atoms with Crippen LogP contribution in [-0.4, -0.2) is 39.5 Å². The number of benzene rings is 1. The van der Waals surface area contributed by atoms with E-state index in [-0.39, 0.29) is 11.9 Å². The Balaban J connectivity index is 1.49. The molecule has 8 heteroatoms. The molecule has 4 heterocycles. The van der Waals surface area contributed by atoms with E-state index in [1.807, 2.05) is 51.9 Å². The van der Waals surface area contributed by atoms with Gasteiger partial charge in [-0.2, -0.15) is 0 Å². The minimum Gasteiger partial charge on any atom is -0.453 e.